The lowest BCUT2D eigenvalue weighted by atomic mass is 9.82. The van der Waals surface area contributed by atoms with Crippen LogP contribution < -0.4 is 9.47 Å². The van der Waals surface area contributed by atoms with Crippen molar-refractivity contribution in [3.8, 4) is 11.5 Å². The molecule has 0 N–H and O–H groups in total. The van der Waals surface area contributed by atoms with Crippen molar-refractivity contribution in [2.45, 2.75) is 5.60 Å². The molecule has 0 fully saturated rings. The fraction of sp³-hybridized carbons (Fsp3) is 0.0526. The average molecular weight is 517 g/mol. The van der Waals surface area contributed by atoms with Crippen LogP contribution in [0.15, 0.2) is 133 Å². The first kappa shape index (κ1) is 24.0. The van der Waals surface area contributed by atoms with E-state index in [4.69, 9.17) is 9.47 Å². The van der Waals surface area contributed by atoms with E-state index in [9.17, 15) is 0 Å². The summed E-state index contributed by atoms with van der Waals surface area (Å²) in [7, 11) is 1.72. The van der Waals surface area contributed by atoms with Gasteiger partial charge in [-0.05, 0) is 51.9 Å². The van der Waals surface area contributed by atoms with Gasteiger partial charge >= 0.3 is 0 Å². The lowest BCUT2D eigenvalue weighted by Crippen LogP contribution is -2.34. The summed E-state index contributed by atoms with van der Waals surface area (Å²) >= 11 is 0. The van der Waals surface area contributed by atoms with Gasteiger partial charge in [0.1, 0.15) is 11.5 Å². The highest BCUT2D eigenvalue weighted by Gasteiger charge is 2.38. The van der Waals surface area contributed by atoms with Crippen LogP contribution in [-0.2, 0) is 5.60 Å². The molecule has 7 rings (SSSR count). The van der Waals surface area contributed by atoms with Gasteiger partial charge in [0.2, 0.25) is 0 Å². The number of methoxy groups -OCH3 is 1. The van der Waals surface area contributed by atoms with E-state index >= 15 is 0 Å². The number of fused-ring (bicyclic) bond motifs is 4. The molecule has 1 aliphatic heterocycles. The average Bonchev–Trinajstić information content (AvgIpc) is 3.03. The first-order valence-electron chi connectivity index (χ1n) is 13.6. The Labute approximate surface area is 234 Å². The third kappa shape index (κ3) is 4.06. The molecule has 1 aliphatic rings. The van der Waals surface area contributed by atoms with Gasteiger partial charge in [-0.2, -0.15) is 0 Å². The molecule has 0 unspecified atom stereocenters. The Hall–Kier alpha value is -5.08. The fourth-order valence-corrected chi connectivity index (χ4v) is 5.75. The second-order valence-corrected chi connectivity index (χ2v) is 10.1. The summed E-state index contributed by atoms with van der Waals surface area (Å²) in [5, 5.41) is 4.67. The van der Waals surface area contributed by atoms with Crippen LogP contribution in [-0.4, -0.2) is 7.11 Å². The van der Waals surface area contributed by atoms with Crippen LogP contribution in [0.3, 0.4) is 0 Å². The molecule has 6 aromatic carbocycles. The normalized spacial score (nSPS) is 13.8. The lowest BCUT2D eigenvalue weighted by Gasteiger charge is -2.37. The minimum absolute atomic E-state index is 0.749. The number of benzene rings is 6. The van der Waals surface area contributed by atoms with E-state index in [1.165, 1.54) is 16.2 Å². The molecule has 0 saturated carbocycles. The molecule has 0 radical (unpaired) electrons. The highest BCUT2D eigenvalue weighted by atomic mass is 16.5. The largest absolute Gasteiger partial charge is 0.496 e. The molecule has 0 saturated heterocycles. The fourth-order valence-electron chi connectivity index (χ4n) is 5.75. The molecular weight excluding hydrogens is 488 g/mol. The maximum absolute atomic E-state index is 7.18. The zero-order chi connectivity index (χ0) is 26.9. The van der Waals surface area contributed by atoms with Crippen molar-refractivity contribution >= 4 is 39.8 Å². The van der Waals surface area contributed by atoms with Crippen molar-refractivity contribution in [3.05, 3.63) is 161 Å². The molecule has 2 heteroatoms. The number of hydrogen-bond donors (Lipinski definition) is 0. The lowest BCUT2D eigenvalue weighted by molar-refractivity contribution is 0.161. The second-order valence-electron chi connectivity index (χ2n) is 10.1. The topological polar surface area (TPSA) is 18.5 Å². The van der Waals surface area contributed by atoms with E-state index in [0.717, 1.165) is 44.7 Å². The number of rotatable bonds is 5. The standard InChI is InChI=1S/C38H28O2/c1-39-36-26-28-13-9-8-12-27(28)24-30(36)20-21-31-25-29-14-10-11-19-34(29)35-22-23-38(40-37(31)35,32-15-4-2-5-16-32)33-17-6-3-7-18-33/h2-26H,1H3/b21-20-. The third-order valence-electron chi connectivity index (χ3n) is 7.76. The predicted molar refractivity (Wildman–Crippen MR) is 167 cm³/mol. The zero-order valence-corrected chi connectivity index (χ0v) is 22.3. The maximum Gasteiger partial charge on any atom is 0.178 e. The Morgan fingerprint density at radius 3 is 1.82 bits per heavy atom. The molecule has 192 valence electrons. The third-order valence-corrected chi connectivity index (χ3v) is 7.76. The Bertz CT molecular complexity index is 1860. The molecule has 1 heterocycles. The Kier molecular flexibility index (Phi) is 5.94. The predicted octanol–water partition coefficient (Wildman–Crippen LogP) is 9.52. The van der Waals surface area contributed by atoms with Crippen molar-refractivity contribution in [3.63, 3.8) is 0 Å². The van der Waals surface area contributed by atoms with Gasteiger partial charge in [-0.25, -0.2) is 0 Å². The molecule has 0 aliphatic carbocycles. The minimum Gasteiger partial charge on any atom is -0.496 e. The summed E-state index contributed by atoms with van der Waals surface area (Å²) in [5.41, 5.74) is 4.55. The van der Waals surface area contributed by atoms with Crippen LogP contribution in [0, 0.1) is 0 Å². The highest BCUT2D eigenvalue weighted by molar-refractivity contribution is 5.98. The molecule has 0 atom stereocenters. The molecule has 40 heavy (non-hydrogen) atoms. The van der Waals surface area contributed by atoms with Crippen molar-refractivity contribution in [2.24, 2.45) is 0 Å². The van der Waals surface area contributed by atoms with E-state index in [0.29, 0.717) is 0 Å². The number of ether oxygens (including phenoxy) is 2. The maximum atomic E-state index is 7.18. The van der Waals surface area contributed by atoms with Gasteiger partial charge in [0.25, 0.3) is 0 Å². The van der Waals surface area contributed by atoms with Crippen LogP contribution in [0.5, 0.6) is 11.5 Å². The monoisotopic (exact) mass is 516 g/mol. The minimum atomic E-state index is -0.749. The Balaban J connectivity index is 1.43. The summed E-state index contributed by atoms with van der Waals surface area (Å²) in [4.78, 5) is 0. The first-order valence-corrected chi connectivity index (χ1v) is 13.6. The summed E-state index contributed by atoms with van der Waals surface area (Å²) in [6.45, 7) is 0. The highest BCUT2D eigenvalue weighted by Crippen LogP contribution is 2.46. The van der Waals surface area contributed by atoms with Crippen molar-refractivity contribution in [1.29, 1.82) is 0 Å². The molecule has 6 aromatic rings. The van der Waals surface area contributed by atoms with Gasteiger partial charge in [-0.1, -0.05) is 121 Å². The van der Waals surface area contributed by atoms with Gasteiger partial charge < -0.3 is 9.47 Å². The van der Waals surface area contributed by atoms with E-state index < -0.39 is 5.60 Å². The zero-order valence-electron chi connectivity index (χ0n) is 22.3. The van der Waals surface area contributed by atoms with E-state index in [1.807, 2.05) is 12.1 Å². The first-order chi connectivity index (χ1) is 19.7. The van der Waals surface area contributed by atoms with Crippen LogP contribution in [0.4, 0.5) is 0 Å². The SMILES string of the molecule is COc1cc2ccccc2cc1/C=C\c1cc2ccccc2c2c1OC(c1ccccc1)(c1ccccc1)C=C2. The van der Waals surface area contributed by atoms with Crippen LogP contribution in [0.1, 0.15) is 27.8 Å². The van der Waals surface area contributed by atoms with Crippen LogP contribution >= 0.6 is 0 Å². The van der Waals surface area contributed by atoms with Crippen molar-refractivity contribution < 1.29 is 9.47 Å². The Morgan fingerprint density at radius 2 is 1.15 bits per heavy atom. The van der Waals surface area contributed by atoms with Gasteiger partial charge in [-0.15, -0.1) is 0 Å². The van der Waals surface area contributed by atoms with Gasteiger partial charge in [0, 0.05) is 27.8 Å². The molecule has 0 aromatic heterocycles. The molecular formula is C38H28O2. The summed E-state index contributed by atoms with van der Waals surface area (Å²) < 4.78 is 13.0. The van der Waals surface area contributed by atoms with Gasteiger partial charge in [0.05, 0.1) is 7.11 Å². The van der Waals surface area contributed by atoms with Gasteiger partial charge in [0.15, 0.2) is 5.60 Å². The summed E-state index contributed by atoms with van der Waals surface area (Å²) in [5.74, 6) is 1.71. The Morgan fingerprint density at radius 1 is 0.600 bits per heavy atom. The van der Waals surface area contributed by atoms with E-state index in [2.05, 4.69) is 140 Å². The van der Waals surface area contributed by atoms with E-state index in [1.54, 1.807) is 7.11 Å². The molecule has 0 amide bonds. The molecule has 0 spiro atoms. The number of hydrogen-bond acceptors (Lipinski definition) is 2. The van der Waals surface area contributed by atoms with Gasteiger partial charge in [-0.3, -0.25) is 0 Å². The van der Waals surface area contributed by atoms with Crippen LogP contribution in [0.2, 0.25) is 0 Å². The van der Waals surface area contributed by atoms with E-state index in [-0.39, 0.29) is 0 Å². The summed E-state index contributed by atoms with van der Waals surface area (Å²) in [6.07, 6.45) is 8.71. The quantitative estimate of drug-likeness (QED) is 0.212. The van der Waals surface area contributed by atoms with Crippen molar-refractivity contribution in [1.82, 2.24) is 0 Å². The summed E-state index contributed by atoms with van der Waals surface area (Å²) in [6, 6.07) is 44.3. The van der Waals surface area contributed by atoms with Crippen LogP contribution in [0.25, 0.3) is 39.8 Å². The molecule has 2 nitrogen and oxygen atoms in total. The second kappa shape index (κ2) is 9.91. The van der Waals surface area contributed by atoms with Crippen molar-refractivity contribution in [2.75, 3.05) is 7.11 Å². The molecule has 0 bridgehead atoms. The smallest absolute Gasteiger partial charge is 0.178 e.